The van der Waals surface area contributed by atoms with Crippen molar-refractivity contribution in [3.63, 3.8) is 0 Å². The van der Waals surface area contributed by atoms with E-state index in [-0.39, 0.29) is 13.2 Å². The molecule has 1 atom stereocenters. The van der Waals surface area contributed by atoms with Crippen LogP contribution in [0.3, 0.4) is 0 Å². The summed E-state index contributed by atoms with van der Waals surface area (Å²) in [5.74, 6) is -7.57. The van der Waals surface area contributed by atoms with Gasteiger partial charge in [0, 0.05) is 25.1 Å². The molecule has 0 bridgehead atoms. The molecule has 12 heteroatoms. The van der Waals surface area contributed by atoms with E-state index in [1.165, 1.54) is 4.90 Å². The highest BCUT2D eigenvalue weighted by atomic mass is 19.4. The molecule has 0 aromatic heterocycles. The van der Waals surface area contributed by atoms with Gasteiger partial charge in [-0.25, -0.2) is 0 Å². The minimum absolute atomic E-state index is 0.0654. The summed E-state index contributed by atoms with van der Waals surface area (Å²) < 4.78 is 62.6. The number of nitrogens with zero attached hydrogens (tertiary/aromatic N) is 1. The van der Waals surface area contributed by atoms with Gasteiger partial charge in [0.2, 0.25) is 11.8 Å². The number of rotatable bonds is 8. The summed E-state index contributed by atoms with van der Waals surface area (Å²) in [6, 6.07) is 12.5. The van der Waals surface area contributed by atoms with Gasteiger partial charge >= 0.3 is 12.1 Å². The Balaban J connectivity index is 1.75. The average Bonchev–Trinajstić information content (AvgIpc) is 2.88. The number of aliphatic hydroxyl groups excluding tert-OH is 1. The molecule has 2 aromatic rings. The van der Waals surface area contributed by atoms with E-state index in [0.717, 1.165) is 0 Å². The lowest BCUT2D eigenvalue weighted by molar-refractivity contribution is -0.283. The fraction of sp³-hybridized carbons (Fsp3) is 0.348. The first kappa shape index (κ1) is 26.1. The normalized spacial score (nSPS) is 15.7. The van der Waals surface area contributed by atoms with Crippen LogP contribution < -0.4 is 15.5 Å². The van der Waals surface area contributed by atoms with Crippen molar-refractivity contribution in [2.24, 2.45) is 0 Å². The number of para-hydroxylation sites is 1. The van der Waals surface area contributed by atoms with Crippen LogP contribution >= 0.6 is 0 Å². The fourth-order valence-electron chi connectivity index (χ4n) is 3.73. The number of β-amino-alcohol motifs (C(OH)–C–C–N with tert-alkyl or cyclic N) is 1. The average molecular weight is 499 g/mol. The van der Waals surface area contributed by atoms with E-state index in [1.807, 2.05) is 5.32 Å². The van der Waals surface area contributed by atoms with Crippen molar-refractivity contribution in [1.29, 1.82) is 0 Å². The number of nitrogens with one attached hydrogen (secondary N) is 2. The molecule has 0 saturated carbocycles. The molecule has 0 spiro atoms. The third-order valence-corrected chi connectivity index (χ3v) is 5.40. The van der Waals surface area contributed by atoms with Gasteiger partial charge < -0.3 is 20.6 Å². The Bertz CT molecular complexity index is 1110. The molecule has 0 fully saturated rings. The number of fused-ring (bicyclic) bond motifs is 3. The molecule has 3 N–H and O–H groups in total. The van der Waals surface area contributed by atoms with Crippen LogP contribution in [0.15, 0.2) is 48.5 Å². The first-order chi connectivity index (χ1) is 16.5. The molecule has 0 saturated heterocycles. The summed E-state index contributed by atoms with van der Waals surface area (Å²) in [4.78, 5) is 39.1. The summed E-state index contributed by atoms with van der Waals surface area (Å²) in [5, 5.41) is 13.8. The lowest BCUT2D eigenvalue weighted by Crippen LogP contribution is -2.45. The first-order valence-corrected chi connectivity index (χ1v) is 10.6. The second kappa shape index (κ2) is 10.4. The van der Waals surface area contributed by atoms with Crippen LogP contribution in [0.1, 0.15) is 24.4 Å². The van der Waals surface area contributed by atoms with E-state index < -0.39 is 55.2 Å². The molecule has 1 heterocycles. The molecular formula is C23H22F5N3O4. The number of hydrogen-bond donors (Lipinski definition) is 3. The SMILES string of the molecule is O=C(CC(=O)N[C@@H]1C(=O)N(CCO)c2ccccc2-c2ccccc21)NCCC(F)(F)C(F)(F)F. The van der Waals surface area contributed by atoms with Crippen molar-refractivity contribution in [1.82, 2.24) is 10.6 Å². The zero-order chi connectivity index (χ0) is 25.8. The highest BCUT2D eigenvalue weighted by Gasteiger charge is 2.56. The van der Waals surface area contributed by atoms with Crippen molar-refractivity contribution >= 4 is 23.4 Å². The lowest BCUT2D eigenvalue weighted by atomic mass is 9.95. The van der Waals surface area contributed by atoms with E-state index in [0.29, 0.717) is 22.4 Å². The zero-order valence-electron chi connectivity index (χ0n) is 18.2. The Hall–Kier alpha value is -3.54. The number of halogens is 5. The number of amides is 3. The Morgan fingerprint density at radius 2 is 1.57 bits per heavy atom. The Labute approximate surface area is 196 Å². The van der Waals surface area contributed by atoms with Gasteiger partial charge in [-0.15, -0.1) is 0 Å². The predicted octanol–water partition coefficient (Wildman–Crippen LogP) is 2.94. The van der Waals surface area contributed by atoms with Crippen LogP contribution in [0.25, 0.3) is 11.1 Å². The number of aliphatic hydroxyl groups is 1. The highest BCUT2D eigenvalue weighted by molar-refractivity contribution is 6.07. The van der Waals surface area contributed by atoms with Gasteiger partial charge in [-0.3, -0.25) is 14.4 Å². The molecule has 35 heavy (non-hydrogen) atoms. The summed E-state index contributed by atoms with van der Waals surface area (Å²) in [6.07, 6.45) is -8.32. The van der Waals surface area contributed by atoms with Crippen LogP contribution in [-0.4, -0.2) is 54.6 Å². The quantitative estimate of drug-likeness (QED) is 0.384. The Morgan fingerprint density at radius 3 is 2.23 bits per heavy atom. The molecule has 188 valence electrons. The van der Waals surface area contributed by atoms with E-state index >= 15 is 0 Å². The maximum atomic E-state index is 13.4. The van der Waals surface area contributed by atoms with Gasteiger partial charge in [0.25, 0.3) is 5.91 Å². The second-order valence-electron chi connectivity index (χ2n) is 7.80. The van der Waals surface area contributed by atoms with Gasteiger partial charge in [-0.2, -0.15) is 22.0 Å². The van der Waals surface area contributed by atoms with Crippen molar-refractivity contribution < 1.29 is 41.4 Å². The van der Waals surface area contributed by atoms with Crippen LogP contribution in [-0.2, 0) is 14.4 Å². The molecule has 3 amide bonds. The van der Waals surface area contributed by atoms with Crippen molar-refractivity contribution in [3.8, 4) is 11.1 Å². The molecule has 1 aliphatic heterocycles. The molecule has 3 rings (SSSR count). The largest absolute Gasteiger partial charge is 0.453 e. The molecule has 0 radical (unpaired) electrons. The van der Waals surface area contributed by atoms with E-state index in [4.69, 9.17) is 0 Å². The van der Waals surface area contributed by atoms with Crippen LogP contribution in [0.5, 0.6) is 0 Å². The molecule has 7 nitrogen and oxygen atoms in total. The van der Waals surface area contributed by atoms with Crippen molar-refractivity contribution in [2.45, 2.75) is 31.0 Å². The standard InChI is InChI=1S/C23H22F5N3O4/c24-22(25,23(26,27)28)9-10-29-18(33)13-19(34)30-20-16-7-2-1-5-14(16)15-6-3-4-8-17(15)31(11-12-32)21(20)35/h1-8,20,32H,9-13H2,(H,29,33)(H,30,34)/t20-/m0/s1. The minimum Gasteiger partial charge on any atom is -0.395 e. The summed E-state index contributed by atoms with van der Waals surface area (Å²) >= 11 is 0. The van der Waals surface area contributed by atoms with Gasteiger partial charge in [-0.1, -0.05) is 42.5 Å². The maximum absolute atomic E-state index is 13.4. The maximum Gasteiger partial charge on any atom is 0.453 e. The Kier molecular flexibility index (Phi) is 7.73. The second-order valence-corrected chi connectivity index (χ2v) is 7.80. The van der Waals surface area contributed by atoms with Crippen LogP contribution in [0.2, 0.25) is 0 Å². The van der Waals surface area contributed by atoms with Gasteiger partial charge in [0.1, 0.15) is 12.5 Å². The molecular weight excluding hydrogens is 477 g/mol. The van der Waals surface area contributed by atoms with Gasteiger partial charge in [0.05, 0.1) is 12.3 Å². The number of carbonyl (C=O) groups excluding carboxylic acids is 3. The number of carbonyl (C=O) groups is 3. The van der Waals surface area contributed by atoms with Gasteiger partial charge in [-0.05, 0) is 17.2 Å². The monoisotopic (exact) mass is 499 g/mol. The predicted molar refractivity (Wildman–Crippen MR) is 115 cm³/mol. The Morgan fingerprint density at radius 1 is 0.943 bits per heavy atom. The smallest absolute Gasteiger partial charge is 0.395 e. The molecule has 1 aliphatic rings. The van der Waals surface area contributed by atoms with E-state index in [1.54, 1.807) is 48.5 Å². The number of alkyl halides is 5. The highest BCUT2D eigenvalue weighted by Crippen LogP contribution is 2.40. The molecule has 0 aliphatic carbocycles. The summed E-state index contributed by atoms with van der Waals surface area (Å²) in [7, 11) is 0. The number of anilines is 1. The minimum atomic E-state index is -5.75. The zero-order valence-corrected chi connectivity index (χ0v) is 18.2. The topological polar surface area (TPSA) is 98.7 Å². The number of benzene rings is 2. The fourth-order valence-corrected chi connectivity index (χ4v) is 3.73. The van der Waals surface area contributed by atoms with Crippen molar-refractivity contribution in [2.75, 3.05) is 24.6 Å². The summed E-state index contributed by atoms with van der Waals surface area (Å²) in [6.45, 7) is -1.42. The van der Waals surface area contributed by atoms with Gasteiger partial charge in [0.15, 0.2) is 0 Å². The molecule has 0 unspecified atom stereocenters. The van der Waals surface area contributed by atoms with Crippen molar-refractivity contribution in [3.05, 3.63) is 54.1 Å². The third kappa shape index (κ3) is 5.76. The third-order valence-electron chi connectivity index (χ3n) is 5.40. The van der Waals surface area contributed by atoms with E-state index in [2.05, 4.69) is 5.32 Å². The number of hydrogen-bond acceptors (Lipinski definition) is 4. The van der Waals surface area contributed by atoms with E-state index in [9.17, 15) is 41.4 Å². The lowest BCUT2D eigenvalue weighted by Gasteiger charge is -2.26. The first-order valence-electron chi connectivity index (χ1n) is 10.6. The molecule has 2 aromatic carbocycles. The van der Waals surface area contributed by atoms with Crippen LogP contribution in [0, 0.1) is 0 Å². The summed E-state index contributed by atoms with van der Waals surface area (Å²) in [5.41, 5.74) is 2.27. The van der Waals surface area contributed by atoms with Crippen LogP contribution in [0.4, 0.5) is 27.6 Å².